The number of hydrogen-bond acceptors (Lipinski definition) is 4. The predicted molar refractivity (Wildman–Crippen MR) is 101 cm³/mol. The summed E-state index contributed by atoms with van der Waals surface area (Å²) in [6.07, 6.45) is 1.76. The quantitative estimate of drug-likeness (QED) is 0.342. The Labute approximate surface area is 174 Å². The number of aromatic nitrogens is 1. The van der Waals surface area contributed by atoms with Gasteiger partial charge in [-0.3, -0.25) is 0 Å². The van der Waals surface area contributed by atoms with Gasteiger partial charge in [-0.1, -0.05) is 34.8 Å². The first-order valence-electron chi connectivity index (χ1n) is 7.99. The van der Waals surface area contributed by atoms with E-state index in [1.54, 1.807) is 18.2 Å². The van der Waals surface area contributed by atoms with Crippen molar-refractivity contribution in [2.45, 2.75) is 13.3 Å². The van der Waals surface area contributed by atoms with Crippen molar-refractivity contribution in [3.05, 3.63) is 56.9 Å². The molecule has 10 heteroatoms. The molecule has 0 fully saturated rings. The Morgan fingerprint density at radius 3 is 2.32 bits per heavy atom. The van der Waals surface area contributed by atoms with Crippen LogP contribution in [0.4, 0.5) is 13.2 Å². The molecule has 2 aromatic rings. The van der Waals surface area contributed by atoms with Crippen molar-refractivity contribution in [2.75, 3.05) is 19.8 Å². The molecule has 0 amide bonds. The van der Waals surface area contributed by atoms with Crippen molar-refractivity contribution in [2.24, 2.45) is 0 Å². The van der Waals surface area contributed by atoms with Crippen LogP contribution in [0.2, 0.25) is 5.02 Å². The normalized spacial score (nSPS) is 10.5. The van der Waals surface area contributed by atoms with E-state index >= 15 is 0 Å². The zero-order chi connectivity index (χ0) is 20.7. The van der Waals surface area contributed by atoms with Crippen molar-refractivity contribution in [3.8, 4) is 17.4 Å². The molecular weight excluding hydrogens is 442 g/mol. The number of pyridine rings is 1. The smallest absolute Gasteiger partial charge is 0.256 e. The molecule has 2 rings (SSSR count). The van der Waals surface area contributed by atoms with Gasteiger partial charge in [0.1, 0.15) is 22.6 Å². The Kier molecular flexibility index (Phi) is 8.54. The summed E-state index contributed by atoms with van der Waals surface area (Å²) >= 11 is 17.0. The number of hydrogen-bond donors (Lipinski definition) is 0. The molecule has 152 valence electrons. The highest BCUT2D eigenvalue weighted by atomic mass is 35.5. The van der Waals surface area contributed by atoms with Gasteiger partial charge in [-0.25, -0.2) is 4.39 Å². The summed E-state index contributed by atoms with van der Waals surface area (Å²) in [4.78, 5) is 3.25. The number of benzene rings is 1. The summed E-state index contributed by atoms with van der Waals surface area (Å²) in [7, 11) is 0. The van der Waals surface area contributed by atoms with Crippen LogP contribution in [0.3, 0.4) is 0 Å². The van der Waals surface area contributed by atoms with E-state index in [1.165, 1.54) is 6.08 Å². The van der Waals surface area contributed by atoms with Crippen LogP contribution < -0.4 is 14.2 Å². The molecule has 0 aliphatic carbocycles. The van der Waals surface area contributed by atoms with Gasteiger partial charge in [-0.15, -0.1) is 0 Å². The van der Waals surface area contributed by atoms with Gasteiger partial charge in [-0.05, 0) is 25.1 Å². The van der Waals surface area contributed by atoms with Crippen LogP contribution >= 0.6 is 34.8 Å². The van der Waals surface area contributed by atoms with E-state index in [4.69, 9.17) is 49.0 Å². The third kappa shape index (κ3) is 6.65. The maximum Gasteiger partial charge on any atom is 0.256 e. The molecule has 1 aromatic carbocycles. The molecular formula is C18H15Cl3F3NO3. The summed E-state index contributed by atoms with van der Waals surface area (Å²) in [5.74, 6) is -3.63. The molecule has 0 radical (unpaired) electrons. The van der Waals surface area contributed by atoms with Crippen molar-refractivity contribution < 1.29 is 27.4 Å². The second-order valence-electron chi connectivity index (χ2n) is 5.44. The Morgan fingerprint density at radius 2 is 1.64 bits per heavy atom. The Hall–Kier alpha value is -1.83. The number of rotatable bonds is 9. The lowest BCUT2D eigenvalue weighted by atomic mass is 10.3. The monoisotopic (exact) mass is 455 g/mol. The van der Waals surface area contributed by atoms with Gasteiger partial charge in [0.2, 0.25) is 11.8 Å². The standard InChI is InChI=1S/C18H15Cl3F3NO3/c1-10-15(22)16(23)18(25-17(10)24)28-5-2-4-26-12-7-11(19)8-13(9-12)27-6-3-14(20)21/h3,7-9H,2,4-6H2,1H3. The lowest BCUT2D eigenvalue weighted by Crippen LogP contribution is -2.09. The summed E-state index contributed by atoms with van der Waals surface area (Å²) in [6.45, 7) is 1.35. The minimum absolute atomic E-state index is 0.0607. The second kappa shape index (κ2) is 10.6. The van der Waals surface area contributed by atoms with Crippen molar-refractivity contribution in [3.63, 3.8) is 0 Å². The summed E-state index contributed by atoms with van der Waals surface area (Å²) in [5, 5.41) is 0.390. The first kappa shape index (κ1) is 22.5. The van der Waals surface area contributed by atoms with E-state index in [9.17, 15) is 13.2 Å². The zero-order valence-electron chi connectivity index (χ0n) is 14.6. The average Bonchev–Trinajstić information content (AvgIpc) is 2.63. The van der Waals surface area contributed by atoms with Crippen LogP contribution in [-0.4, -0.2) is 24.8 Å². The number of nitrogens with zero attached hydrogens (tertiary/aromatic N) is 1. The highest BCUT2D eigenvalue weighted by molar-refractivity contribution is 6.55. The van der Waals surface area contributed by atoms with E-state index < -0.39 is 29.0 Å². The van der Waals surface area contributed by atoms with Crippen LogP contribution in [0.25, 0.3) is 0 Å². The molecule has 4 nitrogen and oxygen atoms in total. The van der Waals surface area contributed by atoms with Crippen LogP contribution in [0, 0.1) is 24.5 Å². The molecule has 0 saturated carbocycles. The molecule has 0 aliphatic heterocycles. The maximum absolute atomic E-state index is 13.6. The molecule has 0 unspecified atom stereocenters. The fourth-order valence-corrected chi connectivity index (χ4v) is 2.33. The fourth-order valence-electron chi connectivity index (χ4n) is 1.99. The third-order valence-corrected chi connectivity index (χ3v) is 3.87. The van der Waals surface area contributed by atoms with E-state index in [0.717, 1.165) is 6.92 Å². The van der Waals surface area contributed by atoms with Crippen LogP contribution in [0.15, 0.2) is 28.8 Å². The summed E-state index contributed by atoms with van der Waals surface area (Å²) in [6, 6.07) is 4.77. The Morgan fingerprint density at radius 1 is 1.00 bits per heavy atom. The van der Waals surface area contributed by atoms with Crippen molar-refractivity contribution in [1.29, 1.82) is 0 Å². The van der Waals surface area contributed by atoms with Gasteiger partial charge >= 0.3 is 0 Å². The molecule has 0 saturated heterocycles. The molecule has 0 bridgehead atoms. The maximum atomic E-state index is 13.6. The van der Waals surface area contributed by atoms with Gasteiger partial charge < -0.3 is 14.2 Å². The van der Waals surface area contributed by atoms with E-state index in [2.05, 4.69) is 4.98 Å². The molecule has 1 aromatic heterocycles. The Balaban J connectivity index is 1.84. The van der Waals surface area contributed by atoms with Gasteiger partial charge in [0.15, 0.2) is 5.82 Å². The van der Waals surface area contributed by atoms with Gasteiger partial charge in [0.25, 0.3) is 5.88 Å². The Bertz CT molecular complexity index is 862. The molecule has 0 atom stereocenters. The SMILES string of the molecule is Cc1c(F)nc(OCCCOc2cc(Cl)cc(OCC=C(Cl)Cl)c2)c(F)c1F. The van der Waals surface area contributed by atoms with Gasteiger partial charge in [0, 0.05) is 23.1 Å². The van der Waals surface area contributed by atoms with E-state index in [0.29, 0.717) is 22.9 Å². The predicted octanol–water partition coefficient (Wildman–Crippen LogP) is 6.01. The minimum atomic E-state index is -1.33. The number of halogens is 6. The molecule has 0 spiro atoms. The van der Waals surface area contributed by atoms with Crippen molar-refractivity contribution >= 4 is 34.8 Å². The zero-order valence-corrected chi connectivity index (χ0v) is 16.8. The topological polar surface area (TPSA) is 40.6 Å². The number of ether oxygens (including phenoxy) is 3. The van der Waals surface area contributed by atoms with Gasteiger partial charge in [-0.2, -0.15) is 13.8 Å². The molecule has 1 heterocycles. The first-order valence-corrected chi connectivity index (χ1v) is 9.12. The molecule has 0 N–H and O–H groups in total. The average molecular weight is 457 g/mol. The lowest BCUT2D eigenvalue weighted by molar-refractivity contribution is 0.229. The third-order valence-electron chi connectivity index (χ3n) is 3.35. The van der Waals surface area contributed by atoms with Crippen LogP contribution in [0.5, 0.6) is 17.4 Å². The van der Waals surface area contributed by atoms with E-state index in [-0.39, 0.29) is 24.3 Å². The molecule has 0 aliphatic rings. The lowest BCUT2D eigenvalue weighted by Gasteiger charge is -2.11. The van der Waals surface area contributed by atoms with E-state index in [1.807, 2.05) is 0 Å². The largest absolute Gasteiger partial charge is 0.493 e. The summed E-state index contributed by atoms with van der Waals surface area (Å²) in [5.41, 5.74) is -0.504. The highest BCUT2D eigenvalue weighted by Crippen LogP contribution is 2.26. The van der Waals surface area contributed by atoms with Gasteiger partial charge in [0.05, 0.1) is 13.2 Å². The molecule has 28 heavy (non-hydrogen) atoms. The first-order chi connectivity index (χ1) is 13.3. The second-order valence-corrected chi connectivity index (χ2v) is 6.88. The fraction of sp³-hybridized carbons (Fsp3) is 0.278. The van der Waals surface area contributed by atoms with Crippen molar-refractivity contribution in [1.82, 2.24) is 4.98 Å². The van der Waals surface area contributed by atoms with Crippen LogP contribution in [-0.2, 0) is 0 Å². The van der Waals surface area contributed by atoms with Crippen LogP contribution in [0.1, 0.15) is 12.0 Å². The highest BCUT2D eigenvalue weighted by Gasteiger charge is 2.18. The summed E-state index contributed by atoms with van der Waals surface area (Å²) < 4.78 is 56.5. The minimum Gasteiger partial charge on any atom is -0.493 e.